The first-order chi connectivity index (χ1) is 12.5. The second kappa shape index (κ2) is 5.73. The number of carbonyl (C=O) groups is 1. The molecule has 4 rings (SSSR count). The molecule has 0 fully saturated rings. The molecule has 0 aliphatic carbocycles. The Labute approximate surface area is 147 Å². The van der Waals surface area contributed by atoms with Crippen LogP contribution in [-0.2, 0) is 4.79 Å². The minimum absolute atomic E-state index is 0.0964. The summed E-state index contributed by atoms with van der Waals surface area (Å²) in [5.74, 6) is -0.204. The molecule has 1 aromatic carbocycles. The third kappa shape index (κ3) is 2.25. The van der Waals surface area contributed by atoms with E-state index in [1.807, 2.05) is 6.07 Å². The maximum atomic E-state index is 12.6. The third-order valence-corrected chi connectivity index (χ3v) is 4.68. The first-order valence-corrected chi connectivity index (χ1v) is 8.03. The highest BCUT2D eigenvalue weighted by Gasteiger charge is 2.38. The number of nitrogens with zero attached hydrogens (tertiary/aromatic N) is 1. The molecule has 1 amide bonds. The lowest BCUT2D eigenvalue weighted by molar-refractivity contribution is -0.121. The van der Waals surface area contributed by atoms with Gasteiger partial charge in [0.25, 0.3) is 0 Å². The number of hydrogen-bond donors (Lipinski definition) is 5. The minimum Gasteiger partial charge on any atom is -0.491 e. The van der Waals surface area contributed by atoms with Gasteiger partial charge in [-0.05, 0) is 12.1 Å². The Morgan fingerprint density at radius 2 is 1.96 bits per heavy atom. The maximum absolute atomic E-state index is 12.6. The van der Waals surface area contributed by atoms with Gasteiger partial charge < -0.3 is 26.9 Å². The second-order valence-electron chi connectivity index (χ2n) is 6.16. The van der Waals surface area contributed by atoms with Crippen LogP contribution < -0.4 is 27.6 Å². The smallest absolute Gasteiger partial charge is 0.328 e. The van der Waals surface area contributed by atoms with Gasteiger partial charge in [0.15, 0.2) is 0 Å². The molecule has 0 saturated heterocycles. The zero-order chi connectivity index (χ0) is 18.4. The molecule has 134 valence electrons. The maximum Gasteiger partial charge on any atom is 0.328 e. The Hall–Kier alpha value is -3.62. The quantitative estimate of drug-likeness (QED) is 0.463. The number of nitrogens with one attached hydrogen (secondary N) is 2. The van der Waals surface area contributed by atoms with E-state index < -0.39 is 23.6 Å². The lowest BCUT2D eigenvalue weighted by Gasteiger charge is -2.32. The van der Waals surface area contributed by atoms with E-state index >= 15 is 0 Å². The highest BCUT2D eigenvalue weighted by molar-refractivity contribution is 5.85. The number of aromatic nitrogens is 3. The number of anilines is 2. The van der Waals surface area contributed by atoms with Crippen molar-refractivity contribution in [3.8, 4) is 17.0 Å². The average Bonchev–Trinajstić information content (AvgIpc) is 3.15. The van der Waals surface area contributed by atoms with Crippen molar-refractivity contribution in [3.63, 3.8) is 0 Å². The number of benzene rings is 1. The molecule has 9 nitrogen and oxygen atoms in total. The first-order valence-electron chi connectivity index (χ1n) is 8.03. The Kier molecular flexibility index (Phi) is 3.50. The summed E-state index contributed by atoms with van der Waals surface area (Å²) in [7, 11) is 0. The number of nitrogen functional groups attached to an aromatic ring is 2. The van der Waals surface area contributed by atoms with Crippen LogP contribution in [0.15, 0.2) is 41.3 Å². The molecule has 0 radical (unpaired) electrons. The molecule has 0 saturated carbocycles. The van der Waals surface area contributed by atoms with Gasteiger partial charge in [0.1, 0.15) is 24.0 Å². The van der Waals surface area contributed by atoms with Crippen LogP contribution in [0.3, 0.4) is 0 Å². The number of primary amides is 1. The standard InChI is InChI=1S/C17H18N6O3/c18-14-9(5-6-21-14)13-15(19)22-17(25)23(13)10-7-26-11-4-2-1-3-8(11)12(10)16(20)24/h1-6,10,12,21H,7,18-19H2,(H2,20,24)(H,22,25). The van der Waals surface area contributed by atoms with Crippen LogP contribution in [0, 0.1) is 0 Å². The van der Waals surface area contributed by atoms with Gasteiger partial charge in [0.05, 0.1) is 17.7 Å². The lowest BCUT2D eigenvalue weighted by Crippen LogP contribution is -2.40. The minimum atomic E-state index is -0.744. The average molecular weight is 354 g/mol. The number of nitrogens with two attached hydrogens (primary N) is 3. The fraction of sp³-hybridized carbons (Fsp3) is 0.176. The largest absolute Gasteiger partial charge is 0.491 e. The Morgan fingerprint density at radius 3 is 2.65 bits per heavy atom. The molecule has 1 aliphatic heterocycles. The monoisotopic (exact) mass is 354 g/mol. The summed E-state index contributed by atoms with van der Waals surface area (Å²) in [5, 5.41) is 0. The van der Waals surface area contributed by atoms with E-state index in [0.29, 0.717) is 28.4 Å². The van der Waals surface area contributed by atoms with Crippen LogP contribution in [0.25, 0.3) is 11.3 Å². The zero-order valence-corrected chi connectivity index (χ0v) is 13.7. The van der Waals surface area contributed by atoms with Gasteiger partial charge in [0.2, 0.25) is 5.91 Å². The van der Waals surface area contributed by atoms with Crippen molar-refractivity contribution in [3.05, 3.63) is 52.6 Å². The van der Waals surface area contributed by atoms with Crippen LogP contribution in [0.1, 0.15) is 17.5 Å². The zero-order valence-electron chi connectivity index (χ0n) is 13.7. The fourth-order valence-corrected chi connectivity index (χ4v) is 3.56. The summed E-state index contributed by atoms with van der Waals surface area (Å²) >= 11 is 0. The summed E-state index contributed by atoms with van der Waals surface area (Å²) in [6, 6.07) is 8.18. The normalized spacial score (nSPS) is 18.9. The summed E-state index contributed by atoms with van der Waals surface area (Å²) in [6.45, 7) is 0.0964. The van der Waals surface area contributed by atoms with E-state index in [1.165, 1.54) is 4.57 Å². The van der Waals surface area contributed by atoms with Gasteiger partial charge in [-0.25, -0.2) is 4.79 Å². The Morgan fingerprint density at radius 1 is 1.19 bits per heavy atom. The Balaban J connectivity index is 1.93. The van der Waals surface area contributed by atoms with Crippen LogP contribution in [0.5, 0.6) is 5.75 Å². The number of H-pyrrole nitrogens is 2. The van der Waals surface area contributed by atoms with Crippen LogP contribution in [0.4, 0.5) is 11.6 Å². The number of amides is 1. The number of fused-ring (bicyclic) bond motifs is 1. The van der Waals surface area contributed by atoms with Gasteiger partial charge in [-0.1, -0.05) is 18.2 Å². The first kappa shape index (κ1) is 15.9. The van der Waals surface area contributed by atoms with Crippen LogP contribution in [0.2, 0.25) is 0 Å². The van der Waals surface area contributed by atoms with E-state index in [2.05, 4.69) is 9.97 Å². The molecule has 8 N–H and O–H groups in total. The van der Waals surface area contributed by atoms with Crippen LogP contribution in [-0.4, -0.2) is 27.0 Å². The van der Waals surface area contributed by atoms with Gasteiger partial charge in [-0.15, -0.1) is 0 Å². The van der Waals surface area contributed by atoms with Gasteiger partial charge in [-0.3, -0.25) is 14.3 Å². The van der Waals surface area contributed by atoms with Crippen molar-refractivity contribution in [2.24, 2.45) is 5.73 Å². The number of para-hydroxylation sites is 1. The summed E-state index contributed by atoms with van der Waals surface area (Å²) < 4.78 is 7.18. The molecule has 3 heterocycles. The molecule has 0 spiro atoms. The van der Waals surface area contributed by atoms with E-state index in [9.17, 15) is 9.59 Å². The molecule has 9 heteroatoms. The van der Waals surface area contributed by atoms with Gasteiger partial charge in [-0.2, -0.15) is 0 Å². The van der Waals surface area contributed by atoms with Crippen molar-refractivity contribution < 1.29 is 9.53 Å². The molecular weight excluding hydrogens is 336 g/mol. The van der Waals surface area contributed by atoms with E-state index in [4.69, 9.17) is 21.9 Å². The highest BCUT2D eigenvalue weighted by Crippen LogP contribution is 2.41. The van der Waals surface area contributed by atoms with Gasteiger partial charge in [0, 0.05) is 17.3 Å². The number of hydrogen-bond acceptors (Lipinski definition) is 5. The molecule has 2 atom stereocenters. The molecule has 26 heavy (non-hydrogen) atoms. The van der Waals surface area contributed by atoms with E-state index in [1.54, 1.807) is 30.5 Å². The molecule has 0 bridgehead atoms. The van der Waals surface area contributed by atoms with Crippen molar-refractivity contribution in [1.82, 2.24) is 14.5 Å². The number of ether oxygens (including phenoxy) is 1. The topological polar surface area (TPSA) is 158 Å². The number of carbonyl (C=O) groups excluding carboxylic acids is 1. The summed E-state index contributed by atoms with van der Waals surface area (Å²) in [4.78, 5) is 30.3. The predicted octanol–water partition coefficient (Wildman–Crippen LogP) is 0.538. The van der Waals surface area contributed by atoms with Gasteiger partial charge >= 0.3 is 5.69 Å². The Bertz CT molecular complexity index is 1050. The van der Waals surface area contributed by atoms with Crippen molar-refractivity contribution in [2.45, 2.75) is 12.0 Å². The van der Waals surface area contributed by atoms with Crippen molar-refractivity contribution >= 4 is 17.5 Å². The molecule has 2 unspecified atom stereocenters. The molecule has 3 aromatic rings. The SMILES string of the molecule is NC(=O)C1c2ccccc2OCC1n1c(-c2cc[nH]c2N)c(N)[nH]c1=O. The summed E-state index contributed by atoms with van der Waals surface area (Å²) in [6.07, 6.45) is 1.64. The summed E-state index contributed by atoms with van der Waals surface area (Å²) in [5.41, 5.74) is 18.8. The van der Waals surface area contributed by atoms with E-state index in [-0.39, 0.29) is 12.4 Å². The molecule has 1 aliphatic rings. The third-order valence-electron chi connectivity index (χ3n) is 4.68. The molecular formula is C17H18N6O3. The van der Waals surface area contributed by atoms with Crippen molar-refractivity contribution in [2.75, 3.05) is 18.1 Å². The molecule has 2 aromatic heterocycles. The highest BCUT2D eigenvalue weighted by atomic mass is 16.5. The van der Waals surface area contributed by atoms with E-state index in [0.717, 1.165) is 0 Å². The predicted molar refractivity (Wildman–Crippen MR) is 96.6 cm³/mol. The fourth-order valence-electron chi connectivity index (χ4n) is 3.56. The second-order valence-corrected chi connectivity index (χ2v) is 6.16. The lowest BCUT2D eigenvalue weighted by atomic mass is 9.88. The number of rotatable bonds is 3. The van der Waals surface area contributed by atoms with Crippen LogP contribution >= 0.6 is 0 Å². The number of aromatic amines is 2. The van der Waals surface area contributed by atoms with Crippen molar-refractivity contribution in [1.29, 1.82) is 0 Å². The number of imidazole rings is 1.